The Morgan fingerprint density at radius 2 is 2.25 bits per heavy atom. The Morgan fingerprint density at radius 1 is 1.50 bits per heavy atom. The van der Waals surface area contributed by atoms with Crippen molar-refractivity contribution in [3.63, 3.8) is 0 Å². The molecule has 1 aromatic heterocycles. The molecule has 0 bridgehead atoms. The molecule has 1 rings (SSSR count). The van der Waals surface area contributed by atoms with Crippen LogP contribution in [0.2, 0.25) is 0 Å². The molecule has 5 heteroatoms. The van der Waals surface area contributed by atoms with E-state index in [0.717, 1.165) is 18.1 Å². The van der Waals surface area contributed by atoms with Crippen LogP contribution in [0.15, 0.2) is 15.9 Å². The van der Waals surface area contributed by atoms with Gasteiger partial charge in [-0.15, -0.1) is 23.7 Å². The number of thiophene rings is 1. The Morgan fingerprint density at radius 3 is 2.75 bits per heavy atom. The van der Waals surface area contributed by atoms with E-state index < -0.39 is 0 Å². The van der Waals surface area contributed by atoms with Gasteiger partial charge >= 0.3 is 0 Å². The standard InChI is InChI=1S/C7H10BrNS2.ClH/c8-7-2-1-6(11-7)5-10-4-3-9;/h1-2H,3-5,9H2;1H. The summed E-state index contributed by atoms with van der Waals surface area (Å²) in [5.74, 6) is 2.14. The molecule has 0 saturated heterocycles. The maximum Gasteiger partial charge on any atom is 0.0701 e. The predicted molar refractivity (Wildman–Crippen MR) is 64.5 cm³/mol. The van der Waals surface area contributed by atoms with E-state index >= 15 is 0 Å². The van der Waals surface area contributed by atoms with Crippen LogP contribution in [-0.4, -0.2) is 12.3 Å². The van der Waals surface area contributed by atoms with Gasteiger partial charge in [-0.05, 0) is 28.1 Å². The fraction of sp³-hybridized carbons (Fsp3) is 0.429. The third-order valence-corrected chi connectivity index (χ3v) is 3.98. The average Bonchev–Trinajstić information content (AvgIpc) is 2.37. The summed E-state index contributed by atoms with van der Waals surface area (Å²) in [5, 5.41) is 0. The van der Waals surface area contributed by atoms with E-state index in [0.29, 0.717) is 0 Å². The molecular formula is C7H11BrClNS2. The molecule has 0 aromatic carbocycles. The summed E-state index contributed by atoms with van der Waals surface area (Å²) in [6, 6.07) is 4.24. The van der Waals surface area contributed by atoms with E-state index in [1.54, 1.807) is 11.3 Å². The van der Waals surface area contributed by atoms with Crippen molar-refractivity contribution in [2.45, 2.75) is 5.75 Å². The summed E-state index contributed by atoms with van der Waals surface area (Å²) in [5.41, 5.74) is 5.37. The zero-order valence-electron chi connectivity index (χ0n) is 6.46. The SMILES string of the molecule is Cl.NCCSCc1ccc(Br)s1. The van der Waals surface area contributed by atoms with Gasteiger partial charge in [-0.3, -0.25) is 0 Å². The second-order valence-corrected chi connectivity index (χ2v) is 5.70. The molecule has 0 atom stereocenters. The van der Waals surface area contributed by atoms with Crippen LogP contribution in [0.4, 0.5) is 0 Å². The van der Waals surface area contributed by atoms with Crippen LogP contribution in [-0.2, 0) is 5.75 Å². The van der Waals surface area contributed by atoms with Gasteiger partial charge in [0.05, 0.1) is 3.79 Å². The Bertz CT molecular complexity index is 217. The van der Waals surface area contributed by atoms with Crippen molar-refractivity contribution in [3.8, 4) is 0 Å². The number of thioether (sulfide) groups is 1. The topological polar surface area (TPSA) is 26.0 Å². The third-order valence-electron chi connectivity index (χ3n) is 1.14. The van der Waals surface area contributed by atoms with Gasteiger partial charge < -0.3 is 5.73 Å². The minimum atomic E-state index is 0. The Balaban J connectivity index is 0.00000121. The Hall–Kier alpha value is 0.780. The molecule has 0 aliphatic rings. The van der Waals surface area contributed by atoms with Gasteiger partial charge in [0.2, 0.25) is 0 Å². The Kier molecular flexibility index (Phi) is 7.68. The van der Waals surface area contributed by atoms with E-state index in [2.05, 4.69) is 28.1 Å². The van der Waals surface area contributed by atoms with Crippen LogP contribution in [0.1, 0.15) is 4.88 Å². The first-order chi connectivity index (χ1) is 5.33. The number of nitrogens with two attached hydrogens (primary N) is 1. The summed E-state index contributed by atoms with van der Waals surface area (Å²) >= 11 is 7.10. The lowest BCUT2D eigenvalue weighted by Crippen LogP contribution is -2.00. The smallest absolute Gasteiger partial charge is 0.0701 e. The number of hydrogen-bond acceptors (Lipinski definition) is 3. The lowest BCUT2D eigenvalue weighted by Gasteiger charge is -1.94. The summed E-state index contributed by atoms with van der Waals surface area (Å²) in [6.45, 7) is 0.775. The van der Waals surface area contributed by atoms with E-state index in [-0.39, 0.29) is 12.4 Å². The van der Waals surface area contributed by atoms with Crippen molar-refractivity contribution in [1.82, 2.24) is 0 Å². The van der Waals surface area contributed by atoms with Crippen LogP contribution in [0.5, 0.6) is 0 Å². The molecule has 0 unspecified atom stereocenters. The first kappa shape index (κ1) is 12.8. The van der Waals surface area contributed by atoms with Crippen LogP contribution in [0.3, 0.4) is 0 Å². The van der Waals surface area contributed by atoms with Crippen LogP contribution >= 0.6 is 51.4 Å². The molecule has 0 saturated carbocycles. The maximum absolute atomic E-state index is 5.37. The van der Waals surface area contributed by atoms with Crippen LogP contribution in [0.25, 0.3) is 0 Å². The molecule has 1 nitrogen and oxygen atoms in total. The van der Waals surface area contributed by atoms with Crippen molar-refractivity contribution >= 4 is 51.4 Å². The van der Waals surface area contributed by atoms with Crippen molar-refractivity contribution in [3.05, 3.63) is 20.8 Å². The van der Waals surface area contributed by atoms with E-state index in [9.17, 15) is 0 Å². The summed E-state index contributed by atoms with van der Waals surface area (Å²) < 4.78 is 1.21. The molecular weight excluding hydrogens is 278 g/mol. The average molecular weight is 289 g/mol. The molecule has 0 radical (unpaired) electrons. The largest absolute Gasteiger partial charge is 0.330 e. The molecule has 12 heavy (non-hydrogen) atoms. The monoisotopic (exact) mass is 287 g/mol. The summed E-state index contributed by atoms with van der Waals surface area (Å²) in [7, 11) is 0. The highest BCUT2D eigenvalue weighted by Gasteiger charge is 1.96. The first-order valence-corrected chi connectivity index (χ1v) is 6.11. The zero-order valence-corrected chi connectivity index (χ0v) is 10.5. The third kappa shape index (κ3) is 4.72. The highest BCUT2D eigenvalue weighted by atomic mass is 79.9. The second kappa shape index (κ2) is 7.21. The van der Waals surface area contributed by atoms with Gasteiger partial charge in [0.25, 0.3) is 0 Å². The van der Waals surface area contributed by atoms with Gasteiger partial charge in [0.15, 0.2) is 0 Å². The van der Waals surface area contributed by atoms with Crippen molar-refractivity contribution in [1.29, 1.82) is 0 Å². The van der Waals surface area contributed by atoms with Crippen molar-refractivity contribution in [2.24, 2.45) is 5.73 Å². The molecule has 0 spiro atoms. The molecule has 0 fully saturated rings. The highest BCUT2D eigenvalue weighted by molar-refractivity contribution is 9.11. The van der Waals surface area contributed by atoms with Gasteiger partial charge in [0.1, 0.15) is 0 Å². The quantitative estimate of drug-likeness (QED) is 0.862. The fourth-order valence-corrected chi connectivity index (χ4v) is 3.06. The van der Waals surface area contributed by atoms with Crippen molar-refractivity contribution < 1.29 is 0 Å². The number of halogens is 2. The summed E-state index contributed by atoms with van der Waals surface area (Å²) in [6.07, 6.45) is 0. The molecule has 2 N–H and O–H groups in total. The lowest BCUT2D eigenvalue weighted by atomic mass is 10.5. The van der Waals surface area contributed by atoms with Gasteiger partial charge in [0, 0.05) is 22.9 Å². The summed E-state index contributed by atoms with van der Waals surface area (Å²) in [4.78, 5) is 1.41. The molecule has 70 valence electrons. The molecule has 0 amide bonds. The molecule has 1 aromatic rings. The number of rotatable bonds is 4. The van der Waals surface area contributed by atoms with Crippen LogP contribution < -0.4 is 5.73 Å². The Labute approximate surface area is 95.7 Å². The molecule has 1 heterocycles. The minimum absolute atomic E-state index is 0. The lowest BCUT2D eigenvalue weighted by molar-refractivity contribution is 1.15. The second-order valence-electron chi connectivity index (χ2n) is 2.05. The van der Waals surface area contributed by atoms with Gasteiger partial charge in [-0.25, -0.2) is 0 Å². The minimum Gasteiger partial charge on any atom is -0.330 e. The van der Waals surface area contributed by atoms with E-state index in [1.807, 2.05) is 11.8 Å². The molecule has 0 aliphatic heterocycles. The predicted octanol–water partition coefficient (Wildman–Crippen LogP) is 3.12. The fourth-order valence-electron chi connectivity index (χ4n) is 0.685. The van der Waals surface area contributed by atoms with E-state index in [1.165, 1.54) is 8.66 Å². The zero-order chi connectivity index (χ0) is 8.10. The number of hydrogen-bond donors (Lipinski definition) is 1. The normalized spacial score (nSPS) is 9.50. The molecule has 0 aliphatic carbocycles. The van der Waals surface area contributed by atoms with Gasteiger partial charge in [-0.2, -0.15) is 11.8 Å². The first-order valence-electron chi connectivity index (χ1n) is 3.35. The van der Waals surface area contributed by atoms with Gasteiger partial charge in [-0.1, -0.05) is 0 Å². The highest BCUT2D eigenvalue weighted by Crippen LogP contribution is 2.25. The maximum atomic E-state index is 5.37. The van der Waals surface area contributed by atoms with E-state index in [4.69, 9.17) is 5.73 Å². The van der Waals surface area contributed by atoms with Crippen LogP contribution in [0, 0.1) is 0 Å². The van der Waals surface area contributed by atoms with Crippen molar-refractivity contribution in [2.75, 3.05) is 12.3 Å².